The normalized spacial score (nSPS) is 16.2. The second-order valence-electron chi connectivity index (χ2n) is 7.02. The number of hydrogen-bond acceptors (Lipinski definition) is 4. The van der Waals surface area contributed by atoms with Gasteiger partial charge in [-0.15, -0.1) is 0 Å². The Morgan fingerprint density at radius 2 is 1.86 bits per heavy atom. The molecule has 29 heavy (non-hydrogen) atoms. The molecule has 1 saturated heterocycles. The second-order valence-corrected chi connectivity index (χ2v) is 7.43. The van der Waals surface area contributed by atoms with E-state index in [9.17, 15) is 9.59 Å². The van der Waals surface area contributed by atoms with Crippen molar-refractivity contribution in [2.45, 2.75) is 12.8 Å². The van der Waals surface area contributed by atoms with Gasteiger partial charge in [0.2, 0.25) is 18.6 Å². The average molecular weight is 413 g/mol. The largest absolute Gasteiger partial charge is 0.454 e. The Bertz CT molecular complexity index is 937. The minimum Gasteiger partial charge on any atom is -0.454 e. The number of nitrogens with zero attached hydrogens (tertiary/aromatic N) is 1. The van der Waals surface area contributed by atoms with E-state index in [2.05, 4.69) is 5.32 Å². The summed E-state index contributed by atoms with van der Waals surface area (Å²) in [7, 11) is 0. The number of carbonyl (C=O) groups is 2. The first kappa shape index (κ1) is 19.3. The summed E-state index contributed by atoms with van der Waals surface area (Å²) in [5.41, 5.74) is 1.56. The molecule has 0 aliphatic carbocycles. The Labute approximate surface area is 174 Å². The third-order valence-electron chi connectivity index (χ3n) is 5.09. The SMILES string of the molecule is O=C(Nc1ccccc1)C1CCN(C(=O)/C=C/c2cc(Cl)c3c(c2)OCO3)CC1. The van der Waals surface area contributed by atoms with Crippen molar-refractivity contribution in [3.63, 3.8) is 0 Å². The standard InChI is InChI=1S/C22H21ClN2O4/c23-18-12-15(13-19-21(18)29-14-28-19)6-7-20(26)25-10-8-16(9-11-25)22(27)24-17-4-2-1-3-5-17/h1-7,12-13,16H,8-11,14H2,(H,24,27)/b7-6+. The number of amides is 2. The number of benzene rings is 2. The number of para-hydroxylation sites is 1. The first-order valence-corrected chi connectivity index (χ1v) is 9.90. The number of nitrogens with one attached hydrogen (secondary N) is 1. The first-order valence-electron chi connectivity index (χ1n) is 9.52. The van der Waals surface area contributed by atoms with Gasteiger partial charge in [-0.05, 0) is 48.7 Å². The highest BCUT2D eigenvalue weighted by Gasteiger charge is 2.26. The van der Waals surface area contributed by atoms with Gasteiger partial charge in [-0.25, -0.2) is 0 Å². The van der Waals surface area contributed by atoms with Crippen LogP contribution in [0.2, 0.25) is 5.02 Å². The third-order valence-corrected chi connectivity index (χ3v) is 5.37. The molecule has 0 atom stereocenters. The maximum Gasteiger partial charge on any atom is 0.246 e. The summed E-state index contributed by atoms with van der Waals surface area (Å²) in [6, 6.07) is 12.9. The summed E-state index contributed by atoms with van der Waals surface area (Å²) in [4.78, 5) is 26.7. The number of likely N-dealkylation sites (tertiary alicyclic amines) is 1. The van der Waals surface area contributed by atoms with Crippen molar-refractivity contribution < 1.29 is 19.1 Å². The van der Waals surface area contributed by atoms with Crippen LogP contribution in [0.4, 0.5) is 5.69 Å². The predicted molar refractivity (Wildman–Crippen MR) is 111 cm³/mol. The van der Waals surface area contributed by atoms with Gasteiger partial charge in [-0.2, -0.15) is 0 Å². The van der Waals surface area contributed by atoms with E-state index in [1.165, 1.54) is 6.08 Å². The van der Waals surface area contributed by atoms with Crippen molar-refractivity contribution >= 4 is 35.2 Å². The lowest BCUT2D eigenvalue weighted by Crippen LogP contribution is -2.40. The van der Waals surface area contributed by atoms with Crippen LogP contribution in [0.1, 0.15) is 18.4 Å². The number of anilines is 1. The predicted octanol–water partition coefficient (Wildman–Crippen LogP) is 3.96. The summed E-state index contributed by atoms with van der Waals surface area (Å²) < 4.78 is 10.6. The minimum absolute atomic E-state index is 0.00819. The molecule has 0 bridgehead atoms. The van der Waals surface area contributed by atoms with Crippen molar-refractivity contribution in [2.75, 3.05) is 25.2 Å². The third kappa shape index (κ3) is 4.54. The van der Waals surface area contributed by atoms with Gasteiger partial charge in [-0.1, -0.05) is 29.8 Å². The monoisotopic (exact) mass is 412 g/mol. The number of rotatable bonds is 4. The van der Waals surface area contributed by atoms with E-state index in [-0.39, 0.29) is 24.5 Å². The van der Waals surface area contributed by atoms with E-state index in [0.717, 1.165) is 11.3 Å². The summed E-state index contributed by atoms with van der Waals surface area (Å²) in [5.74, 6) is 0.950. The molecule has 0 unspecified atom stereocenters. The van der Waals surface area contributed by atoms with Crippen LogP contribution in [0.5, 0.6) is 11.5 Å². The van der Waals surface area contributed by atoms with Gasteiger partial charge in [0.05, 0.1) is 5.02 Å². The average Bonchev–Trinajstić information content (AvgIpc) is 3.22. The first-order chi connectivity index (χ1) is 14.1. The highest BCUT2D eigenvalue weighted by molar-refractivity contribution is 6.32. The molecule has 2 aliphatic heterocycles. The maximum absolute atomic E-state index is 12.5. The summed E-state index contributed by atoms with van der Waals surface area (Å²) in [5, 5.41) is 3.39. The molecule has 2 aliphatic rings. The topological polar surface area (TPSA) is 67.9 Å². The Balaban J connectivity index is 1.30. The van der Waals surface area contributed by atoms with E-state index in [4.69, 9.17) is 21.1 Å². The molecule has 0 saturated carbocycles. The quantitative estimate of drug-likeness (QED) is 0.772. The van der Waals surface area contributed by atoms with Gasteiger partial charge in [0.1, 0.15) is 0 Å². The van der Waals surface area contributed by atoms with Gasteiger partial charge >= 0.3 is 0 Å². The summed E-state index contributed by atoms with van der Waals surface area (Å²) in [6.45, 7) is 1.25. The molecule has 150 valence electrons. The molecule has 6 nitrogen and oxygen atoms in total. The molecule has 1 fully saturated rings. The van der Waals surface area contributed by atoms with Gasteiger partial charge in [0, 0.05) is 30.8 Å². The molecule has 2 aromatic rings. The molecule has 1 N–H and O–H groups in total. The van der Waals surface area contributed by atoms with E-state index < -0.39 is 0 Å². The van der Waals surface area contributed by atoms with Crippen molar-refractivity contribution in [3.8, 4) is 11.5 Å². The highest BCUT2D eigenvalue weighted by atomic mass is 35.5. The molecule has 0 spiro atoms. The molecule has 0 aromatic heterocycles. The number of halogens is 1. The zero-order valence-corrected chi connectivity index (χ0v) is 16.5. The number of piperidine rings is 1. The zero-order valence-electron chi connectivity index (χ0n) is 15.8. The molecule has 7 heteroatoms. The Kier molecular flexibility index (Phi) is 5.71. The number of carbonyl (C=O) groups excluding carboxylic acids is 2. The van der Waals surface area contributed by atoms with Crippen LogP contribution in [-0.2, 0) is 9.59 Å². The van der Waals surface area contributed by atoms with Crippen LogP contribution < -0.4 is 14.8 Å². The van der Waals surface area contributed by atoms with E-state index >= 15 is 0 Å². The van der Waals surface area contributed by atoms with Crippen LogP contribution >= 0.6 is 11.6 Å². The lowest BCUT2D eigenvalue weighted by molar-refractivity contribution is -0.130. The zero-order chi connectivity index (χ0) is 20.2. The summed E-state index contributed by atoms with van der Waals surface area (Å²) >= 11 is 6.17. The van der Waals surface area contributed by atoms with Crippen molar-refractivity contribution in [1.82, 2.24) is 4.90 Å². The molecular formula is C22H21ClN2O4. The number of ether oxygens (including phenoxy) is 2. The highest BCUT2D eigenvalue weighted by Crippen LogP contribution is 2.40. The van der Waals surface area contributed by atoms with Gasteiger partial charge < -0.3 is 19.7 Å². The van der Waals surface area contributed by atoms with E-state index in [1.54, 1.807) is 23.1 Å². The van der Waals surface area contributed by atoms with Crippen LogP contribution in [-0.4, -0.2) is 36.6 Å². The minimum atomic E-state index is -0.0871. The van der Waals surface area contributed by atoms with Crippen LogP contribution in [0.15, 0.2) is 48.5 Å². The Morgan fingerprint density at radius 3 is 2.62 bits per heavy atom. The van der Waals surface area contributed by atoms with Crippen molar-refractivity contribution in [3.05, 3.63) is 59.1 Å². The fourth-order valence-electron chi connectivity index (χ4n) is 3.48. The molecule has 2 aromatic carbocycles. The van der Waals surface area contributed by atoms with Crippen LogP contribution in [0.25, 0.3) is 6.08 Å². The summed E-state index contributed by atoms with van der Waals surface area (Å²) in [6.07, 6.45) is 4.53. The Hall–Kier alpha value is -2.99. The van der Waals surface area contributed by atoms with Crippen LogP contribution in [0.3, 0.4) is 0 Å². The number of fused-ring (bicyclic) bond motifs is 1. The molecule has 2 amide bonds. The maximum atomic E-state index is 12.5. The van der Waals surface area contributed by atoms with Crippen LogP contribution in [0, 0.1) is 5.92 Å². The van der Waals surface area contributed by atoms with Gasteiger partial charge in [-0.3, -0.25) is 9.59 Å². The van der Waals surface area contributed by atoms with Crippen molar-refractivity contribution in [2.24, 2.45) is 5.92 Å². The number of hydrogen-bond donors (Lipinski definition) is 1. The fourth-order valence-corrected chi connectivity index (χ4v) is 3.76. The fraction of sp³-hybridized carbons (Fsp3) is 0.273. The van der Waals surface area contributed by atoms with Crippen molar-refractivity contribution in [1.29, 1.82) is 0 Å². The van der Waals surface area contributed by atoms with E-state index in [0.29, 0.717) is 42.5 Å². The van der Waals surface area contributed by atoms with Gasteiger partial charge in [0.15, 0.2) is 11.5 Å². The lowest BCUT2D eigenvalue weighted by atomic mass is 9.95. The van der Waals surface area contributed by atoms with E-state index in [1.807, 2.05) is 30.3 Å². The smallest absolute Gasteiger partial charge is 0.246 e. The Morgan fingerprint density at radius 1 is 1.10 bits per heavy atom. The second kappa shape index (κ2) is 8.57. The molecule has 4 rings (SSSR count). The molecular weight excluding hydrogens is 392 g/mol. The molecule has 2 heterocycles. The van der Waals surface area contributed by atoms with Gasteiger partial charge in [0.25, 0.3) is 0 Å². The lowest BCUT2D eigenvalue weighted by Gasteiger charge is -2.30. The molecule has 0 radical (unpaired) electrons.